The van der Waals surface area contributed by atoms with Gasteiger partial charge in [-0.3, -0.25) is 9.79 Å². The SMILES string of the molecule is Cc1c(C(=O)Nc2ccc(F)c([C@@]3(C)N=C(N)[C@@]4(C)CCC3S4(=O)=O)c2)nc2ccc(Cl)cn12. The molecule has 3 atom stereocenters. The Labute approximate surface area is 201 Å². The molecule has 2 aromatic heterocycles. The molecule has 8 nitrogen and oxygen atoms in total. The highest BCUT2D eigenvalue weighted by molar-refractivity contribution is 7.94. The van der Waals surface area contributed by atoms with Crippen molar-refractivity contribution in [1.82, 2.24) is 9.38 Å². The van der Waals surface area contributed by atoms with E-state index < -0.39 is 37.1 Å². The minimum absolute atomic E-state index is 0.0171. The number of aromatic nitrogens is 2. The molecular weight excluding hydrogens is 481 g/mol. The van der Waals surface area contributed by atoms with E-state index in [1.54, 1.807) is 43.5 Å². The number of amides is 1. The number of halogens is 2. The lowest BCUT2D eigenvalue weighted by Crippen LogP contribution is -2.55. The van der Waals surface area contributed by atoms with Gasteiger partial charge in [0.05, 0.1) is 16.0 Å². The standard InChI is InChI=1S/C23H23ClFN5O3S/c1-12-19(28-18-7-4-13(24)11-30(12)18)20(31)27-14-5-6-16(25)15(10-14)23(3)17-8-9-22(2,21(26)29-23)34(17,32)33/h4-7,10-11,17H,8-9H2,1-3H3,(H2,26,29)(H,27,31)/t17?,22-,23-/m1/s1. The number of pyridine rings is 1. The van der Waals surface area contributed by atoms with Crippen molar-refractivity contribution in [1.29, 1.82) is 0 Å². The number of nitrogens with two attached hydrogens (primary N) is 1. The second-order valence-corrected chi connectivity index (χ2v) is 12.2. The number of carbonyl (C=O) groups is 1. The van der Waals surface area contributed by atoms with E-state index in [-0.39, 0.29) is 22.8 Å². The van der Waals surface area contributed by atoms with Crippen LogP contribution in [0.25, 0.3) is 5.65 Å². The maximum atomic E-state index is 15.1. The third-order valence-corrected chi connectivity index (χ3v) is 10.6. The maximum Gasteiger partial charge on any atom is 0.276 e. The number of fused-ring (bicyclic) bond motifs is 3. The molecule has 2 bridgehead atoms. The zero-order chi connectivity index (χ0) is 24.6. The van der Waals surface area contributed by atoms with Crippen LogP contribution in [-0.4, -0.2) is 39.5 Å². The zero-order valence-electron chi connectivity index (χ0n) is 18.8. The van der Waals surface area contributed by atoms with Gasteiger partial charge >= 0.3 is 0 Å². The number of nitrogens with zero attached hydrogens (tertiary/aromatic N) is 3. The molecule has 4 heterocycles. The Kier molecular flexibility index (Phi) is 4.87. The smallest absolute Gasteiger partial charge is 0.276 e. The number of benzene rings is 1. The van der Waals surface area contributed by atoms with E-state index in [0.717, 1.165) is 0 Å². The van der Waals surface area contributed by atoms with Crippen LogP contribution in [0, 0.1) is 12.7 Å². The summed E-state index contributed by atoms with van der Waals surface area (Å²) in [5.74, 6) is -1.13. The van der Waals surface area contributed by atoms with Crippen LogP contribution in [-0.2, 0) is 15.4 Å². The predicted molar refractivity (Wildman–Crippen MR) is 129 cm³/mol. The van der Waals surface area contributed by atoms with Crippen molar-refractivity contribution in [2.24, 2.45) is 10.7 Å². The molecule has 0 saturated carbocycles. The molecule has 3 aromatic rings. The second kappa shape index (κ2) is 7.26. The Hall–Kier alpha value is -2.98. The number of aliphatic imine (C=N–C) groups is 1. The summed E-state index contributed by atoms with van der Waals surface area (Å²) in [5, 5.41) is 2.33. The Morgan fingerprint density at radius 2 is 2.03 bits per heavy atom. The quantitative estimate of drug-likeness (QED) is 0.566. The van der Waals surface area contributed by atoms with Gasteiger partial charge in [0.2, 0.25) is 0 Å². The third-order valence-electron chi connectivity index (χ3n) is 7.21. The van der Waals surface area contributed by atoms with Crippen molar-refractivity contribution >= 4 is 44.5 Å². The molecule has 34 heavy (non-hydrogen) atoms. The molecule has 0 aliphatic carbocycles. The highest BCUT2D eigenvalue weighted by atomic mass is 35.5. The number of anilines is 1. The fourth-order valence-corrected chi connectivity index (χ4v) is 7.82. The Morgan fingerprint density at radius 3 is 2.76 bits per heavy atom. The number of rotatable bonds is 3. The Bertz CT molecular complexity index is 1520. The minimum atomic E-state index is -3.69. The molecule has 5 rings (SSSR count). The summed E-state index contributed by atoms with van der Waals surface area (Å²) in [4.78, 5) is 21.9. The second-order valence-electron chi connectivity index (χ2n) is 9.22. The van der Waals surface area contributed by atoms with Crippen LogP contribution in [0.4, 0.5) is 10.1 Å². The summed E-state index contributed by atoms with van der Waals surface area (Å²) in [6.07, 6.45) is 2.31. The molecule has 1 amide bonds. The number of hydrogen-bond acceptors (Lipinski definition) is 6. The maximum absolute atomic E-state index is 15.1. The van der Waals surface area contributed by atoms with E-state index in [1.807, 2.05) is 0 Å². The largest absolute Gasteiger partial charge is 0.386 e. The van der Waals surface area contributed by atoms with Crippen molar-refractivity contribution in [2.75, 3.05) is 5.32 Å². The van der Waals surface area contributed by atoms with Crippen LogP contribution in [0.15, 0.2) is 41.5 Å². The predicted octanol–water partition coefficient (Wildman–Crippen LogP) is 3.61. The van der Waals surface area contributed by atoms with Gasteiger partial charge in [-0.15, -0.1) is 0 Å². The van der Waals surface area contributed by atoms with Crippen molar-refractivity contribution in [3.8, 4) is 0 Å². The van der Waals surface area contributed by atoms with Gasteiger partial charge < -0.3 is 15.5 Å². The molecule has 178 valence electrons. The van der Waals surface area contributed by atoms with E-state index in [4.69, 9.17) is 17.3 Å². The molecule has 2 aliphatic heterocycles. The molecule has 0 spiro atoms. The first-order chi connectivity index (χ1) is 15.9. The van der Waals surface area contributed by atoms with Gasteiger partial charge in [0, 0.05) is 17.4 Å². The first-order valence-corrected chi connectivity index (χ1v) is 12.7. The third kappa shape index (κ3) is 3.01. The lowest BCUT2D eigenvalue weighted by Gasteiger charge is -2.39. The average Bonchev–Trinajstić information content (AvgIpc) is 3.18. The van der Waals surface area contributed by atoms with Gasteiger partial charge in [0.15, 0.2) is 9.84 Å². The number of nitrogens with one attached hydrogen (secondary N) is 1. The monoisotopic (exact) mass is 503 g/mol. The molecule has 0 radical (unpaired) electrons. The molecule has 2 aliphatic rings. The molecule has 1 fully saturated rings. The van der Waals surface area contributed by atoms with E-state index in [0.29, 0.717) is 29.2 Å². The van der Waals surface area contributed by atoms with Gasteiger partial charge in [-0.2, -0.15) is 0 Å². The summed E-state index contributed by atoms with van der Waals surface area (Å²) in [5.41, 5.74) is 6.37. The van der Waals surface area contributed by atoms with Crippen molar-refractivity contribution in [3.63, 3.8) is 0 Å². The van der Waals surface area contributed by atoms with Crippen molar-refractivity contribution in [3.05, 3.63) is 64.3 Å². The first-order valence-electron chi connectivity index (χ1n) is 10.7. The van der Waals surface area contributed by atoms with Crippen molar-refractivity contribution in [2.45, 2.75) is 49.1 Å². The summed E-state index contributed by atoms with van der Waals surface area (Å²) < 4.78 is 42.0. The fraction of sp³-hybridized carbons (Fsp3) is 0.348. The van der Waals surface area contributed by atoms with Gasteiger partial charge in [-0.05, 0) is 63.9 Å². The number of imidazole rings is 1. The summed E-state index contributed by atoms with van der Waals surface area (Å²) in [6.45, 7) is 4.88. The Morgan fingerprint density at radius 1 is 1.29 bits per heavy atom. The summed E-state index contributed by atoms with van der Waals surface area (Å²) in [7, 11) is -3.69. The minimum Gasteiger partial charge on any atom is -0.386 e. The lowest BCUT2D eigenvalue weighted by molar-refractivity contribution is 0.102. The van der Waals surface area contributed by atoms with Crippen molar-refractivity contribution < 1.29 is 17.6 Å². The van der Waals surface area contributed by atoms with E-state index >= 15 is 4.39 Å². The highest BCUT2D eigenvalue weighted by Gasteiger charge is 2.63. The first kappa shape index (κ1) is 22.8. The van der Waals surface area contributed by atoms with Gasteiger partial charge in [-0.1, -0.05) is 11.6 Å². The van der Waals surface area contributed by atoms with E-state index in [9.17, 15) is 13.2 Å². The molecular formula is C23H23ClFN5O3S. The van der Waals surface area contributed by atoms with Crippen LogP contribution in [0.1, 0.15) is 48.4 Å². The highest BCUT2D eigenvalue weighted by Crippen LogP contribution is 2.51. The lowest BCUT2D eigenvalue weighted by atomic mass is 9.86. The number of carbonyl (C=O) groups excluding carboxylic acids is 1. The molecule has 1 aromatic carbocycles. The van der Waals surface area contributed by atoms with Crippen LogP contribution >= 0.6 is 11.6 Å². The van der Waals surface area contributed by atoms with E-state index in [2.05, 4.69) is 15.3 Å². The molecule has 11 heteroatoms. The van der Waals surface area contributed by atoms with Crippen LogP contribution in [0.5, 0.6) is 0 Å². The molecule has 1 saturated heterocycles. The zero-order valence-corrected chi connectivity index (χ0v) is 20.3. The fourth-order valence-electron chi connectivity index (χ4n) is 5.08. The van der Waals surface area contributed by atoms with Crippen LogP contribution < -0.4 is 11.1 Å². The van der Waals surface area contributed by atoms with Gasteiger partial charge in [0.1, 0.15) is 33.3 Å². The van der Waals surface area contributed by atoms with Crippen LogP contribution in [0.3, 0.4) is 0 Å². The normalized spacial score (nSPS) is 27.6. The number of hydrogen-bond donors (Lipinski definition) is 2. The van der Waals surface area contributed by atoms with Gasteiger partial charge in [0.25, 0.3) is 5.91 Å². The number of aryl methyl sites for hydroxylation is 1. The van der Waals surface area contributed by atoms with Crippen LogP contribution in [0.2, 0.25) is 5.02 Å². The van der Waals surface area contributed by atoms with Gasteiger partial charge in [-0.25, -0.2) is 17.8 Å². The molecule has 1 unspecified atom stereocenters. The topological polar surface area (TPSA) is 119 Å². The molecule has 3 N–H and O–H groups in total. The summed E-state index contributed by atoms with van der Waals surface area (Å²) in [6, 6.07) is 7.39. The number of sulfone groups is 1. The number of amidine groups is 1. The summed E-state index contributed by atoms with van der Waals surface area (Å²) >= 11 is 6.05. The van der Waals surface area contributed by atoms with E-state index in [1.165, 1.54) is 18.2 Å². The average molecular weight is 504 g/mol. The Balaban J connectivity index is 1.53.